The van der Waals surface area contributed by atoms with E-state index in [0.717, 1.165) is 24.0 Å². The van der Waals surface area contributed by atoms with Gasteiger partial charge in [-0.15, -0.1) is 0 Å². The number of hydrogen-bond acceptors (Lipinski definition) is 7. The summed E-state index contributed by atoms with van der Waals surface area (Å²) in [5.41, 5.74) is 1.98. The lowest BCUT2D eigenvalue weighted by Gasteiger charge is -2.26. The summed E-state index contributed by atoms with van der Waals surface area (Å²) in [5, 5.41) is 16.9. The summed E-state index contributed by atoms with van der Waals surface area (Å²) < 4.78 is 10.9. The molecule has 2 heterocycles. The van der Waals surface area contributed by atoms with Crippen molar-refractivity contribution in [1.82, 2.24) is 20.5 Å². The van der Waals surface area contributed by atoms with Gasteiger partial charge < -0.3 is 29.8 Å². The second kappa shape index (κ2) is 15.2. The predicted molar refractivity (Wildman–Crippen MR) is 156 cm³/mol. The number of likely N-dealkylation sites (tertiary alicyclic amines) is 1. The molecule has 10 heteroatoms. The summed E-state index contributed by atoms with van der Waals surface area (Å²) >= 11 is 0. The van der Waals surface area contributed by atoms with Crippen LogP contribution in [0.25, 0.3) is 0 Å². The molecule has 4 rings (SSSR count). The Bertz CT molecular complexity index is 1290. The van der Waals surface area contributed by atoms with Gasteiger partial charge in [0, 0.05) is 13.1 Å². The van der Waals surface area contributed by atoms with Gasteiger partial charge in [-0.2, -0.15) is 0 Å². The Morgan fingerprint density at radius 3 is 2.26 bits per heavy atom. The van der Waals surface area contributed by atoms with Gasteiger partial charge in [0.1, 0.15) is 18.9 Å². The third kappa shape index (κ3) is 8.91. The summed E-state index contributed by atoms with van der Waals surface area (Å²) in [5.74, 6) is -0.660. The second-order valence-corrected chi connectivity index (χ2v) is 11.0. The van der Waals surface area contributed by atoms with Gasteiger partial charge in [0.15, 0.2) is 11.8 Å². The molecule has 1 aliphatic heterocycles. The van der Waals surface area contributed by atoms with Gasteiger partial charge in [0.2, 0.25) is 11.8 Å². The number of carbonyl (C=O) groups is 3. The van der Waals surface area contributed by atoms with E-state index in [0.29, 0.717) is 32.4 Å². The van der Waals surface area contributed by atoms with E-state index in [-0.39, 0.29) is 30.0 Å². The molecule has 2 aromatic carbocycles. The summed E-state index contributed by atoms with van der Waals surface area (Å²) in [7, 11) is 0. The van der Waals surface area contributed by atoms with Gasteiger partial charge in [-0.25, -0.2) is 9.78 Å². The van der Waals surface area contributed by atoms with Crippen LogP contribution in [0.5, 0.6) is 0 Å². The largest absolute Gasteiger partial charge is 0.445 e. The van der Waals surface area contributed by atoms with Gasteiger partial charge >= 0.3 is 6.09 Å². The Labute approximate surface area is 246 Å². The molecule has 3 unspecified atom stereocenters. The number of aliphatic hydroxyl groups is 1. The van der Waals surface area contributed by atoms with E-state index in [4.69, 9.17) is 9.15 Å². The Morgan fingerprint density at radius 1 is 0.976 bits per heavy atom. The first-order valence-corrected chi connectivity index (χ1v) is 14.5. The van der Waals surface area contributed by atoms with Gasteiger partial charge in [0.05, 0.1) is 6.04 Å². The van der Waals surface area contributed by atoms with Gasteiger partial charge in [0.25, 0.3) is 5.91 Å². The molecule has 224 valence electrons. The number of benzene rings is 2. The van der Waals surface area contributed by atoms with Crippen molar-refractivity contribution < 1.29 is 28.6 Å². The van der Waals surface area contributed by atoms with Crippen LogP contribution in [0.1, 0.15) is 73.1 Å². The van der Waals surface area contributed by atoms with Crippen molar-refractivity contribution in [1.29, 1.82) is 0 Å². The Balaban J connectivity index is 1.46. The summed E-state index contributed by atoms with van der Waals surface area (Å²) in [6.07, 6.45) is 2.39. The van der Waals surface area contributed by atoms with Crippen LogP contribution >= 0.6 is 0 Å². The molecule has 1 saturated heterocycles. The number of hydrogen-bond donors (Lipinski definition) is 3. The number of nitrogens with zero attached hydrogens (tertiary/aromatic N) is 2. The highest BCUT2D eigenvalue weighted by molar-refractivity contribution is 5.92. The average molecular weight is 577 g/mol. The first-order valence-electron chi connectivity index (χ1n) is 14.5. The molecule has 0 saturated carbocycles. The monoisotopic (exact) mass is 576 g/mol. The minimum atomic E-state index is -1.32. The van der Waals surface area contributed by atoms with E-state index in [9.17, 15) is 19.5 Å². The average Bonchev–Trinajstić information content (AvgIpc) is 3.71. The molecule has 1 aliphatic rings. The number of alkyl carbamates (subject to hydrolysis) is 1. The van der Waals surface area contributed by atoms with Crippen LogP contribution in [-0.2, 0) is 22.6 Å². The van der Waals surface area contributed by atoms with Crippen LogP contribution in [0.15, 0.2) is 71.3 Å². The summed E-state index contributed by atoms with van der Waals surface area (Å²) in [6.45, 7) is 5.30. The van der Waals surface area contributed by atoms with E-state index >= 15 is 0 Å². The highest BCUT2D eigenvalue weighted by atomic mass is 16.5. The SMILES string of the molecule is CC(C)CC(NC(=O)OCc1ccccc1)C(=O)NC(CCc1ccccc1)C(O)c1nc(C(=O)N2CCCC2)co1. The molecular weight excluding hydrogens is 536 g/mol. The molecule has 3 amide bonds. The zero-order valence-corrected chi connectivity index (χ0v) is 24.2. The Kier molecular flexibility index (Phi) is 11.1. The van der Waals surface area contributed by atoms with Gasteiger partial charge in [-0.05, 0) is 49.1 Å². The van der Waals surface area contributed by atoms with Crippen LogP contribution in [-0.4, -0.2) is 58.1 Å². The van der Waals surface area contributed by atoms with E-state index in [2.05, 4.69) is 15.6 Å². The quantitative estimate of drug-likeness (QED) is 0.275. The molecule has 0 spiro atoms. The third-order valence-corrected chi connectivity index (χ3v) is 7.21. The van der Waals surface area contributed by atoms with Crippen molar-refractivity contribution in [2.45, 2.75) is 70.7 Å². The van der Waals surface area contributed by atoms with E-state index in [1.165, 1.54) is 6.26 Å². The van der Waals surface area contributed by atoms with Crippen molar-refractivity contribution >= 4 is 17.9 Å². The number of nitrogens with one attached hydrogen (secondary N) is 2. The number of rotatable bonds is 13. The topological polar surface area (TPSA) is 134 Å². The maximum atomic E-state index is 13.5. The molecular formula is C32H40N4O6. The molecule has 3 atom stereocenters. The molecule has 3 aromatic rings. The minimum Gasteiger partial charge on any atom is -0.445 e. The van der Waals surface area contributed by atoms with Gasteiger partial charge in [-0.3, -0.25) is 9.59 Å². The van der Waals surface area contributed by atoms with Crippen molar-refractivity contribution in [3.63, 3.8) is 0 Å². The first kappa shape index (κ1) is 30.8. The molecule has 0 radical (unpaired) electrons. The molecule has 0 aliphatic carbocycles. The third-order valence-electron chi connectivity index (χ3n) is 7.21. The summed E-state index contributed by atoms with van der Waals surface area (Å²) in [4.78, 5) is 44.9. The van der Waals surface area contributed by atoms with Crippen molar-refractivity contribution in [2.75, 3.05) is 13.1 Å². The maximum absolute atomic E-state index is 13.5. The lowest BCUT2D eigenvalue weighted by atomic mass is 9.99. The smallest absolute Gasteiger partial charge is 0.408 e. The van der Waals surface area contributed by atoms with Crippen molar-refractivity contribution in [3.05, 3.63) is 89.6 Å². The molecule has 42 heavy (non-hydrogen) atoms. The lowest BCUT2D eigenvalue weighted by molar-refractivity contribution is -0.125. The van der Waals surface area contributed by atoms with Crippen LogP contribution in [0.3, 0.4) is 0 Å². The normalized spacial score (nSPS) is 15.2. The van der Waals surface area contributed by atoms with E-state index in [1.54, 1.807) is 4.90 Å². The van der Waals surface area contributed by atoms with E-state index in [1.807, 2.05) is 74.5 Å². The second-order valence-electron chi connectivity index (χ2n) is 11.0. The zero-order valence-electron chi connectivity index (χ0n) is 24.2. The minimum absolute atomic E-state index is 0.0495. The molecule has 1 fully saturated rings. The van der Waals surface area contributed by atoms with Crippen LogP contribution in [0.4, 0.5) is 4.79 Å². The van der Waals surface area contributed by atoms with Gasteiger partial charge in [-0.1, -0.05) is 74.5 Å². The molecule has 0 bridgehead atoms. The number of aryl methyl sites for hydroxylation is 1. The predicted octanol–water partition coefficient (Wildman–Crippen LogP) is 4.40. The van der Waals surface area contributed by atoms with Crippen LogP contribution in [0, 0.1) is 5.92 Å². The zero-order chi connectivity index (χ0) is 29.9. The molecule has 3 N–H and O–H groups in total. The number of amides is 3. The molecule has 1 aromatic heterocycles. The summed E-state index contributed by atoms with van der Waals surface area (Å²) in [6, 6.07) is 17.3. The maximum Gasteiger partial charge on any atom is 0.408 e. The fourth-order valence-corrected chi connectivity index (χ4v) is 4.95. The fourth-order valence-electron chi connectivity index (χ4n) is 4.95. The number of oxazole rings is 1. The van der Waals surface area contributed by atoms with Crippen molar-refractivity contribution in [3.8, 4) is 0 Å². The highest BCUT2D eigenvalue weighted by Crippen LogP contribution is 2.22. The molecule has 10 nitrogen and oxygen atoms in total. The van der Waals surface area contributed by atoms with Crippen molar-refractivity contribution in [2.24, 2.45) is 5.92 Å². The number of aliphatic hydroxyl groups excluding tert-OH is 1. The Hall–Kier alpha value is -4.18. The van der Waals surface area contributed by atoms with Crippen LogP contribution in [0.2, 0.25) is 0 Å². The lowest BCUT2D eigenvalue weighted by Crippen LogP contribution is -2.51. The Morgan fingerprint density at radius 2 is 1.62 bits per heavy atom. The standard InChI is InChI=1S/C32H40N4O6/c1-22(2)19-26(35-32(40)42-20-24-13-7-4-8-14-24)29(38)33-25(16-15-23-11-5-3-6-12-23)28(37)30-34-27(21-41-30)31(39)36-17-9-10-18-36/h3-8,11-14,21-22,25-26,28,37H,9-10,15-20H2,1-2H3,(H,33,38)(H,35,40). The fraction of sp³-hybridized carbons (Fsp3) is 0.438. The number of aromatic nitrogens is 1. The van der Waals surface area contributed by atoms with E-state index < -0.39 is 30.2 Å². The number of carbonyl (C=O) groups excluding carboxylic acids is 3. The first-order chi connectivity index (χ1) is 20.3. The highest BCUT2D eigenvalue weighted by Gasteiger charge is 2.32. The van der Waals surface area contributed by atoms with Crippen LogP contribution < -0.4 is 10.6 Å². The number of ether oxygens (including phenoxy) is 1.